The molecule has 1 unspecified atom stereocenters. The molecule has 166 valence electrons. The third kappa shape index (κ3) is 5.12. The summed E-state index contributed by atoms with van der Waals surface area (Å²) in [5.74, 6) is 1.02. The zero-order valence-electron chi connectivity index (χ0n) is 18.6. The molecule has 1 aliphatic heterocycles. The first-order chi connectivity index (χ1) is 14.7. The van der Waals surface area contributed by atoms with Gasteiger partial charge in [0.05, 0.1) is 17.4 Å². The third-order valence-corrected chi connectivity index (χ3v) is 6.43. The van der Waals surface area contributed by atoms with Crippen molar-refractivity contribution in [2.75, 3.05) is 19.0 Å². The van der Waals surface area contributed by atoms with Crippen molar-refractivity contribution in [1.29, 1.82) is 0 Å². The van der Waals surface area contributed by atoms with Gasteiger partial charge in [-0.3, -0.25) is 9.59 Å². The fourth-order valence-electron chi connectivity index (χ4n) is 3.54. The van der Waals surface area contributed by atoms with E-state index < -0.39 is 5.91 Å². The molecule has 2 amide bonds. The van der Waals surface area contributed by atoms with Crippen molar-refractivity contribution in [2.24, 2.45) is 11.7 Å². The number of benzene rings is 1. The molecule has 7 nitrogen and oxygen atoms in total. The zero-order valence-corrected chi connectivity index (χ0v) is 19.4. The second-order valence-electron chi connectivity index (χ2n) is 7.97. The Morgan fingerprint density at radius 2 is 1.81 bits per heavy atom. The van der Waals surface area contributed by atoms with Crippen LogP contribution in [-0.4, -0.2) is 35.8 Å². The maximum Gasteiger partial charge on any atom is 0.251 e. The molecule has 2 heterocycles. The molecule has 1 aromatic carbocycles. The van der Waals surface area contributed by atoms with Gasteiger partial charge in [-0.2, -0.15) is 0 Å². The van der Waals surface area contributed by atoms with E-state index in [1.807, 2.05) is 52.8 Å². The number of ether oxygens (including phenoxy) is 2. The van der Waals surface area contributed by atoms with E-state index in [4.69, 9.17) is 15.2 Å². The Morgan fingerprint density at radius 3 is 2.45 bits per heavy atom. The van der Waals surface area contributed by atoms with E-state index >= 15 is 0 Å². The summed E-state index contributed by atoms with van der Waals surface area (Å²) in [5, 5.41) is 3.59. The van der Waals surface area contributed by atoms with Crippen molar-refractivity contribution >= 4 is 23.6 Å². The van der Waals surface area contributed by atoms with Gasteiger partial charge in [0.1, 0.15) is 18.2 Å². The number of carbonyl (C=O) groups excluding carboxylic acids is 2. The number of hydrogen-bond acceptors (Lipinski definition) is 6. The van der Waals surface area contributed by atoms with Crippen molar-refractivity contribution < 1.29 is 19.1 Å². The lowest BCUT2D eigenvalue weighted by Gasteiger charge is -2.25. The van der Waals surface area contributed by atoms with E-state index in [1.54, 1.807) is 0 Å². The number of pyridine rings is 1. The molecule has 3 N–H and O–H groups in total. The van der Waals surface area contributed by atoms with Crippen molar-refractivity contribution in [1.82, 2.24) is 10.3 Å². The molecule has 3 rings (SSSR count). The predicted octanol–water partition coefficient (Wildman–Crippen LogP) is 3.48. The summed E-state index contributed by atoms with van der Waals surface area (Å²) in [6.45, 7) is 10.8. The Kier molecular flexibility index (Phi) is 7.10. The highest BCUT2D eigenvalue weighted by Gasteiger charge is 2.23. The molecule has 8 heteroatoms. The molecule has 31 heavy (non-hydrogen) atoms. The molecule has 0 saturated heterocycles. The van der Waals surface area contributed by atoms with Crippen LogP contribution in [0.5, 0.6) is 11.5 Å². The van der Waals surface area contributed by atoms with Crippen LogP contribution < -0.4 is 20.5 Å². The minimum Gasteiger partial charge on any atom is -0.486 e. The number of primary amides is 1. The average Bonchev–Trinajstić information content (AvgIpc) is 2.73. The fourth-order valence-corrected chi connectivity index (χ4v) is 4.49. The lowest BCUT2D eigenvalue weighted by molar-refractivity contribution is -0.119. The molecule has 0 aliphatic carbocycles. The van der Waals surface area contributed by atoms with Gasteiger partial charge in [0, 0.05) is 5.69 Å². The first-order valence-corrected chi connectivity index (χ1v) is 11.3. The molecule has 0 radical (unpaired) electrons. The van der Waals surface area contributed by atoms with Gasteiger partial charge in [-0.1, -0.05) is 31.7 Å². The van der Waals surface area contributed by atoms with Crippen LogP contribution in [0, 0.1) is 26.7 Å². The van der Waals surface area contributed by atoms with Crippen LogP contribution in [0.3, 0.4) is 0 Å². The minimum absolute atomic E-state index is 0.128. The van der Waals surface area contributed by atoms with Crippen molar-refractivity contribution in [3.8, 4) is 11.5 Å². The molecule has 1 aromatic heterocycles. The van der Waals surface area contributed by atoms with E-state index in [0.717, 1.165) is 28.1 Å². The van der Waals surface area contributed by atoms with E-state index in [2.05, 4.69) is 10.3 Å². The number of rotatable bonds is 7. The molecule has 1 aliphatic rings. The van der Waals surface area contributed by atoms with Crippen molar-refractivity contribution in [3.05, 3.63) is 46.1 Å². The molecule has 0 fully saturated rings. The van der Waals surface area contributed by atoms with Gasteiger partial charge in [-0.25, -0.2) is 4.98 Å². The number of nitrogens with one attached hydrogen (secondary N) is 1. The second-order valence-corrected chi connectivity index (χ2v) is 8.94. The molecule has 2 aromatic rings. The fraction of sp³-hybridized carbons (Fsp3) is 0.435. The molecular formula is C23H29N3O4S. The third-order valence-electron chi connectivity index (χ3n) is 5.46. The van der Waals surface area contributed by atoms with E-state index in [9.17, 15) is 9.59 Å². The summed E-state index contributed by atoms with van der Waals surface area (Å²) in [5.41, 5.74) is 9.47. The van der Waals surface area contributed by atoms with Crippen LogP contribution in [0.15, 0.2) is 23.2 Å². The van der Waals surface area contributed by atoms with Crippen LogP contribution in [-0.2, 0) is 4.79 Å². The van der Waals surface area contributed by atoms with E-state index in [-0.39, 0.29) is 23.6 Å². The number of amides is 2. The topological polar surface area (TPSA) is 104 Å². The molecule has 0 spiro atoms. The summed E-state index contributed by atoms with van der Waals surface area (Å²) < 4.78 is 11.3. The first-order valence-electron chi connectivity index (χ1n) is 10.3. The molecule has 1 atom stereocenters. The van der Waals surface area contributed by atoms with Gasteiger partial charge in [-0.05, 0) is 55.5 Å². The Bertz CT molecular complexity index is 1010. The van der Waals surface area contributed by atoms with Gasteiger partial charge in [-0.15, -0.1) is 0 Å². The standard InChI is InChI=1S/C23H29N3O4S/c1-12(2)21(16-6-7-17-18(10-16)30-9-8-29-17)26-19(27)11-31-23-20(22(24)28)14(4)13(3)15(5)25-23/h6-7,10,12,21H,8-9,11H2,1-5H3,(H2,24,28)(H,26,27). The number of thioether (sulfide) groups is 1. The second kappa shape index (κ2) is 9.60. The Balaban J connectivity index is 1.74. The molecular weight excluding hydrogens is 414 g/mol. The van der Waals surface area contributed by atoms with E-state index in [1.165, 1.54) is 11.8 Å². The average molecular weight is 444 g/mol. The quantitative estimate of drug-likeness (QED) is 0.635. The smallest absolute Gasteiger partial charge is 0.251 e. The first kappa shape index (κ1) is 22.9. The Hall–Kier alpha value is -2.74. The monoisotopic (exact) mass is 443 g/mol. The maximum absolute atomic E-state index is 12.8. The largest absolute Gasteiger partial charge is 0.486 e. The number of carbonyl (C=O) groups is 2. The van der Waals surface area contributed by atoms with Gasteiger partial charge >= 0.3 is 0 Å². The van der Waals surface area contributed by atoms with Gasteiger partial charge < -0.3 is 20.5 Å². The molecule has 0 saturated carbocycles. The highest BCUT2D eigenvalue weighted by atomic mass is 32.2. The van der Waals surface area contributed by atoms with Crippen LogP contribution in [0.25, 0.3) is 0 Å². The lowest BCUT2D eigenvalue weighted by Crippen LogP contribution is -2.33. The number of hydrogen-bond donors (Lipinski definition) is 2. The summed E-state index contributed by atoms with van der Waals surface area (Å²) in [6, 6.07) is 5.56. The van der Waals surface area contributed by atoms with Gasteiger partial charge in [0.25, 0.3) is 5.91 Å². The maximum atomic E-state index is 12.8. The lowest BCUT2D eigenvalue weighted by atomic mass is 9.95. The summed E-state index contributed by atoms with van der Waals surface area (Å²) in [7, 11) is 0. The number of aryl methyl sites for hydroxylation is 1. The molecule has 0 bridgehead atoms. The van der Waals surface area contributed by atoms with Crippen LogP contribution >= 0.6 is 11.8 Å². The number of aromatic nitrogens is 1. The highest BCUT2D eigenvalue weighted by Crippen LogP contribution is 2.34. The summed E-state index contributed by atoms with van der Waals surface area (Å²) in [6.07, 6.45) is 0. The van der Waals surface area contributed by atoms with Crippen LogP contribution in [0.4, 0.5) is 0 Å². The van der Waals surface area contributed by atoms with Gasteiger partial charge in [0.15, 0.2) is 11.5 Å². The summed E-state index contributed by atoms with van der Waals surface area (Å²) in [4.78, 5) is 29.2. The van der Waals surface area contributed by atoms with Crippen molar-refractivity contribution in [3.63, 3.8) is 0 Å². The van der Waals surface area contributed by atoms with E-state index in [0.29, 0.717) is 29.6 Å². The number of fused-ring (bicyclic) bond motifs is 1. The van der Waals surface area contributed by atoms with Gasteiger partial charge in [0.2, 0.25) is 5.91 Å². The number of nitrogens with zero attached hydrogens (tertiary/aromatic N) is 1. The van der Waals surface area contributed by atoms with Crippen LogP contribution in [0.2, 0.25) is 0 Å². The summed E-state index contributed by atoms with van der Waals surface area (Å²) >= 11 is 1.22. The Labute approximate surface area is 187 Å². The number of nitrogens with two attached hydrogens (primary N) is 1. The minimum atomic E-state index is -0.535. The predicted molar refractivity (Wildman–Crippen MR) is 121 cm³/mol. The van der Waals surface area contributed by atoms with Crippen molar-refractivity contribution in [2.45, 2.75) is 45.7 Å². The zero-order chi connectivity index (χ0) is 22.7. The SMILES string of the molecule is Cc1nc(SCC(=O)NC(c2ccc3c(c2)OCCO3)C(C)C)c(C(N)=O)c(C)c1C. The Morgan fingerprint density at radius 1 is 1.13 bits per heavy atom. The normalized spacial score (nSPS) is 13.7. The highest BCUT2D eigenvalue weighted by molar-refractivity contribution is 8.00. The van der Waals surface area contributed by atoms with Crippen LogP contribution in [0.1, 0.15) is 52.6 Å².